The standard InChI is InChI=1S/C14H16.2Li/c1-5-11(3)13-8-7-9-14(10-13)12(4)6-2;;/h5-10H,3-4H2,1-2H3;;. The summed E-state index contributed by atoms with van der Waals surface area (Å²) in [6.45, 7) is 12.6. The first-order chi connectivity index (χ1) is 7.43. The molecule has 0 nitrogen and oxygen atoms in total. The Hall–Kier alpha value is -0.105. The maximum atomic E-state index is 4.14. The summed E-state index contributed by atoms with van der Waals surface area (Å²) < 4.78 is 0.977. The molecule has 16 heavy (non-hydrogen) atoms. The number of allylic oxidation sites excluding steroid dienone is 2. The summed E-state index contributed by atoms with van der Waals surface area (Å²) in [5.41, 5.74) is 4.85. The van der Waals surface area contributed by atoms with Gasteiger partial charge >= 0.3 is 118 Å². The predicted molar refractivity (Wildman–Crippen MR) is 74.9 cm³/mol. The molecule has 0 saturated heterocycles. The average Bonchev–Trinajstić information content (AvgIpc) is 2.26. The molecule has 0 bridgehead atoms. The normalized spacial score (nSPS) is 14.4. The van der Waals surface area contributed by atoms with E-state index in [2.05, 4.69) is 86.7 Å². The van der Waals surface area contributed by atoms with E-state index in [-0.39, 0.29) is 0 Å². The first kappa shape index (κ1) is 14.0. The molecule has 0 aliphatic heterocycles. The second-order valence-corrected chi connectivity index (χ2v) is 4.94. The van der Waals surface area contributed by atoms with Crippen LogP contribution in [-0.4, -0.2) is 35.4 Å². The molecule has 0 saturated carbocycles. The first-order valence-electron chi connectivity index (χ1n) is 5.92. The third kappa shape index (κ3) is 3.45. The van der Waals surface area contributed by atoms with Crippen molar-refractivity contribution in [3.63, 3.8) is 0 Å². The van der Waals surface area contributed by atoms with Gasteiger partial charge in [-0.2, -0.15) is 0 Å². The summed E-state index contributed by atoms with van der Waals surface area (Å²) in [7, 11) is 0. The summed E-state index contributed by atoms with van der Waals surface area (Å²) >= 11 is 4.35. The van der Waals surface area contributed by atoms with Gasteiger partial charge in [-0.1, -0.05) is 0 Å². The van der Waals surface area contributed by atoms with Crippen LogP contribution in [0.4, 0.5) is 0 Å². The Kier molecular flexibility index (Phi) is 5.23. The number of hydrogen-bond acceptors (Lipinski definition) is 0. The van der Waals surface area contributed by atoms with E-state index in [4.69, 9.17) is 0 Å². The van der Waals surface area contributed by atoms with Crippen LogP contribution >= 0.6 is 0 Å². The molecule has 1 aromatic rings. The minimum atomic E-state index is 0.488. The number of hydrogen-bond donors (Lipinski definition) is 0. The van der Waals surface area contributed by atoms with Crippen LogP contribution in [0.5, 0.6) is 0 Å². The van der Waals surface area contributed by atoms with E-state index in [9.17, 15) is 0 Å². The van der Waals surface area contributed by atoms with Crippen molar-refractivity contribution in [3.05, 3.63) is 48.6 Å². The third-order valence-corrected chi connectivity index (χ3v) is 3.00. The molecular weight excluding hydrogens is 182 g/mol. The molecule has 74 valence electrons. The fraction of sp³-hybridized carbons (Fsp3) is 0.286. The molecule has 0 aromatic heterocycles. The molecule has 0 aliphatic rings. The van der Waals surface area contributed by atoms with Crippen LogP contribution < -0.4 is 0 Å². The fourth-order valence-electron chi connectivity index (χ4n) is 1.59. The quantitative estimate of drug-likeness (QED) is 0.647. The van der Waals surface area contributed by atoms with Crippen LogP contribution in [0.1, 0.15) is 25.0 Å². The van der Waals surface area contributed by atoms with Crippen LogP contribution in [0, 0.1) is 0 Å². The Balaban J connectivity index is 3.05. The van der Waals surface area contributed by atoms with Gasteiger partial charge in [0.1, 0.15) is 0 Å². The summed E-state index contributed by atoms with van der Waals surface area (Å²) in [4.78, 5) is 0. The van der Waals surface area contributed by atoms with E-state index in [0.29, 0.717) is 9.18 Å². The van der Waals surface area contributed by atoms with Gasteiger partial charge in [0, 0.05) is 0 Å². The Morgan fingerprint density at radius 3 is 1.69 bits per heavy atom. The second kappa shape index (κ2) is 6.00. The molecule has 0 fully saturated rings. The van der Waals surface area contributed by atoms with Crippen LogP contribution in [0.15, 0.2) is 37.4 Å². The van der Waals surface area contributed by atoms with Gasteiger partial charge in [-0.05, 0) is 0 Å². The van der Waals surface area contributed by atoms with Crippen LogP contribution in [-0.2, 0) is 0 Å². The van der Waals surface area contributed by atoms with Crippen molar-refractivity contribution in [1.82, 2.24) is 0 Å². The zero-order valence-electron chi connectivity index (χ0n) is 10.9. The van der Waals surface area contributed by atoms with E-state index in [0.717, 1.165) is 0 Å². The van der Waals surface area contributed by atoms with Crippen molar-refractivity contribution in [2.45, 2.75) is 23.0 Å². The summed E-state index contributed by atoms with van der Waals surface area (Å²) in [5.74, 6) is 0. The molecule has 0 radical (unpaired) electrons. The van der Waals surface area contributed by atoms with Gasteiger partial charge in [0.2, 0.25) is 0 Å². The molecule has 0 heterocycles. The van der Waals surface area contributed by atoms with Gasteiger partial charge < -0.3 is 0 Å². The fourth-order valence-corrected chi connectivity index (χ4v) is 1.59. The Morgan fingerprint density at radius 2 is 1.38 bits per heavy atom. The molecule has 0 N–H and O–H groups in total. The summed E-state index contributed by atoms with van der Waals surface area (Å²) in [6.07, 6.45) is 0. The molecule has 0 amide bonds. The number of benzene rings is 1. The SMILES string of the molecule is [Li][CH](C)C(=C)c1cccc(C(=C)[CH]([Li])C)c1. The average molecular weight is 198 g/mol. The molecule has 0 spiro atoms. The van der Waals surface area contributed by atoms with Crippen molar-refractivity contribution in [2.24, 2.45) is 0 Å². The Bertz CT molecular complexity index is 368. The van der Waals surface area contributed by atoms with Gasteiger partial charge in [0.25, 0.3) is 0 Å². The van der Waals surface area contributed by atoms with Crippen LogP contribution in [0.2, 0.25) is 9.18 Å². The molecule has 2 heteroatoms. The van der Waals surface area contributed by atoms with E-state index in [1.54, 1.807) is 0 Å². The van der Waals surface area contributed by atoms with Gasteiger partial charge in [-0.25, -0.2) is 0 Å². The van der Waals surface area contributed by atoms with E-state index in [1.807, 2.05) is 0 Å². The van der Waals surface area contributed by atoms with Gasteiger partial charge in [0.15, 0.2) is 0 Å². The Morgan fingerprint density at radius 1 is 1.00 bits per heavy atom. The topological polar surface area (TPSA) is 0 Å². The monoisotopic (exact) mass is 198 g/mol. The van der Waals surface area contributed by atoms with Crippen molar-refractivity contribution >= 4 is 46.6 Å². The van der Waals surface area contributed by atoms with E-state index in [1.165, 1.54) is 22.3 Å². The van der Waals surface area contributed by atoms with Gasteiger partial charge in [-0.3, -0.25) is 0 Å². The molecule has 0 aliphatic carbocycles. The van der Waals surface area contributed by atoms with Gasteiger partial charge in [0.05, 0.1) is 0 Å². The van der Waals surface area contributed by atoms with Crippen molar-refractivity contribution in [2.75, 3.05) is 0 Å². The molecule has 2 unspecified atom stereocenters. The van der Waals surface area contributed by atoms with Gasteiger partial charge in [-0.15, -0.1) is 0 Å². The maximum absolute atomic E-state index is 4.14. The molecular formula is C14H16Li2. The second-order valence-electron chi connectivity index (χ2n) is 4.94. The zero-order chi connectivity index (χ0) is 12.3. The zero-order valence-corrected chi connectivity index (χ0v) is 10.9. The summed E-state index contributed by atoms with van der Waals surface area (Å²) in [5, 5.41) is 0. The summed E-state index contributed by atoms with van der Waals surface area (Å²) in [6, 6.07) is 8.54. The predicted octanol–water partition coefficient (Wildman–Crippen LogP) is 3.67. The van der Waals surface area contributed by atoms with E-state index >= 15 is 0 Å². The molecule has 1 rings (SSSR count). The van der Waals surface area contributed by atoms with Crippen molar-refractivity contribution < 1.29 is 0 Å². The van der Waals surface area contributed by atoms with E-state index < -0.39 is 0 Å². The van der Waals surface area contributed by atoms with Crippen LogP contribution in [0.3, 0.4) is 0 Å². The minimum absolute atomic E-state index is 0.488. The van der Waals surface area contributed by atoms with Crippen molar-refractivity contribution in [1.29, 1.82) is 0 Å². The van der Waals surface area contributed by atoms with Crippen molar-refractivity contribution in [3.8, 4) is 0 Å². The first-order valence-corrected chi connectivity index (χ1v) is 5.92. The Labute approximate surface area is 118 Å². The molecule has 2 atom stereocenters. The number of rotatable bonds is 4. The third-order valence-electron chi connectivity index (χ3n) is 3.00. The molecule has 1 aromatic carbocycles. The van der Waals surface area contributed by atoms with Crippen LogP contribution in [0.25, 0.3) is 11.1 Å².